The molecule has 1 aliphatic rings. The lowest BCUT2D eigenvalue weighted by Crippen LogP contribution is -2.52. The second-order valence-electron chi connectivity index (χ2n) is 5.59. The Balaban J connectivity index is 1.74. The Hall–Kier alpha value is -2.08. The molecule has 3 rings (SSSR count). The van der Waals surface area contributed by atoms with Crippen molar-refractivity contribution in [3.63, 3.8) is 0 Å². The van der Waals surface area contributed by atoms with Gasteiger partial charge in [-0.05, 0) is 38.4 Å². The van der Waals surface area contributed by atoms with Gasteiger partial charge in [-0.3, -0.25) is 9.36 Å². The van der Waals surface area contributed by atoms with E-state index < -0.39 is 0 Å². The largest absolute Gasteiger partial charge is 0.350 e. The summed E-state index contributed by atoms with van der Waals surface area (Å²) >= 11 is 0. The number of rotatable bonds is 3. The number of nitrogens with zero attached hydrogens (tertiary/aromatic N) is 1. The number of amides is 1. The molecule has 1 amide bonds. The number of piperidine rings is 1. The van der Waals surface area contributed by atoms with Crippen LogP contribution in [0.3, 0.4) is 0 Å². The van der Waals surface area contributed by atoms with Crippen LogP contribution in [0.15, 0.2) is 29.1 Å². The average Bonchev–Trinajstić information content (AvgIpc) is 2.78. The minimum atomic E-state index is -0.249. The first-order valence-corrected chi connectivity index (χ1v) is 7.35. The van der Waals surface area contributed by atoms with Gasteiger partial charge < -0.3 is 15.6 Å². The van der Waals surface area contributed by atoms with E-state index >= 15 is 0 Å². The molecule has 1 aromatic carbocycles. The number of carbonyl (C=O) groups is 1. The van der Waals surface area contributed by atoms with Gasteiger partial charge in [0, 0.05) is 12.1 Å². The van der Waals surface area contributed by atoms with Crippen molar-refractivity contribution in [2.45, 2.75) is 38.4 Å². The van der Waals surface area contributed by atoms with E-state index in [1.54, 1.807) is 0 Å². The maximum absolute atomic E-state index is 12.2. The Bertz CT molecular complexity index is 703. The molecule has 3 N–H and O–H groups in total. The van der Waals surface area contributed by atoms with Gasteiger partial charge in [0.15, 0.2) is 0 Å². The van der Waals surface area contributed by atoms with Crippen LogP contribution in [0.5, 0.6) is 0 Å². The summed E-state index contributed by atoms with van der Waals surface area (Å²) in [5.41, 5.74) is 1.26. The van der Waals surface area contributed by atoms with Gasteiger partial charge in [0.05, 0.1) is 11.0 Å². The van der Waals surface area contributed by atoms with Crippen molar-refractivity contribution in [3.8, 4) is 0 Å². The van der Waals surface area contributed by atoms with Gasteiger partial charge in [0.1, 0.15) is 6.54 Å². The summed E-state index contributed by atoms with van der Waals surface area (Å²) in [6.45, 7) is 3.11. The van der Waals surface area contributed by atoms with Gasteiger partial charge in [0.2, 0.25) is 5.91 Å². The highest BCUT2D eigenvalue weighted by molar-refractivity contribution is 5.80. The summed E-state index contributed by atoms with van der Waals surface area (Å²) in [7, 11) is 0. The number of carbonyl (C=O) groups excluding carboxylic acids is 1. The van der Waals surface area contributed by atoms with Crippen LogP contribution >= 0.6 is 0 Å². The Morgan fingerprint density at radius 2 is 2.24 bits per heavy atom. The van der Waals surface area contributed by atoms with E-state index in [9.17, 15) is 9.59 Å². The normalized spacial score (nSPS) is 22.3. The third-order valence-corrected chi connectivity index (χ3v) is 4.09. The standard InChI is InChI=1S/C15H20N4O2/c1-10-11(6-4-8-16-10)17-14(20)9-19-13-7-3-2-5-12(13)18-15(19)21/h2-3,5,7,10-11,16H,4,6,8-9H2,1H3,(H,17,20)(H,18,21). The van der Waals surface area contributed by atoms with E-state index in [1.165, 1.54) is 4.57 Å². The van der Waals surface area contributed by atoms with Crippen LogP contribution in [0.25, 0.3) is 11.0 Å². The lowest BCUT2D eigenvalue weighted by atomic mass is 10.00. The summed E-state index contributed by atoms with van der Waals surface area (Å²) in [5.74, 6) is -0.123. The number of para-hydroxylation sites is 2. The highest BCUT2D eigenvalue weighted by atomic mass is 16.2. The smallest absolute Gasteiger partial charge is 0.326 e. The maximum Gasteiger partial charge on any atom is 0.326 e. The van der Waals surface area contributed by atoms with Gasteiger partial charge in [-0.15, -0.1) is 0 Å². The topological polar surface area (TPSA) is 78.9 Å². The van der Waals surface area contributed by atoms with Crippen LogP contribution < -0.4 is 16.3 Å². The van der Waals surface area contributed by atoms with Crippen molar-refractivity contribution in [3.05, 3.63) is 34.7 Å². The maximum atomic E-state index is 12.2. The number of nitrogens with one attached hydrogen (secondary N) is 3. The molecule has 6 heteroatoms. The number of benzene rings is 1. The molecule has 1 aromatic heterocycles. The zero-order chi connectivity index (χ0) is 14.8. The van der Waals surface area contributed by atoms with Gasteiger partial charge in [0.25, 0.3) is 0 Å². The molecule has 1 fully saturated rings. The van der Waals surface area contributed by atoms with Crippen molar-refractivity contribution in [1.82, 2.24) is 20.2 Å². The highest BCUT2D eigenvalue weighted by Gasteiger charge is 2.22. The summed E-state index contributed by atoms with van der Waals surface area (Å²) < 4.78 is 1.48. The Labute approximate surface area is 122 Å². The summed E-state index contributed by atoms with van der Waals surface area (Å²) in [6.07, 6.45) is 2.03. The third-order valence-electron chi connectivity index (χ3n) is 4.09. The molecular formula is C15H20N4O2. The highest BCUT2D eigenvalue weighted by Crippen LogP contribution is 2.10. The second kappa shape index (κ2) is 5.73. The lowest BCUT2D eigenvalue weighted by Gasteiger charge is -2.30. The first-order valence-electron chi connectivity index (χ1n) is 7.35. The summed E-state index contributed by atoms with van der Waals surface area (Å²) in [4.78, 5) is 26.9. The van der Waals surface area contributed by atoms with E-state index in [0.29, 0.717) is 0 Å². The van der Waals surface area contributed by atoms with Gasteiger partial charge in [-0.1, -0.05) is 12.1 Å². The molecule has 0 saturated carbocycles. The van der Waals surface area contributed by atoms with Crippen molar-refractivity contribution in [1.29, 1.82) is 0 Å². The number of fused-ring (bicyclic) bond motifs is 1. The molecule has 6 nitrogen and oxygen atoms in total. The van der Waals surface area contributed by atoms with Crippen molar-refractivity contribution >= 4 is 16.9 Å². The number of imidazole rings is 1. The summed E-state index contributed by atoms with van der Waals surface area (Å²) in [5, 5.41) is 6.37. The molecular weight excluding hydrogens is 268 g/mol. The Morgan fingerprint density at radius 1 is 1.43 bits per heavy atom. The van der Waals surface area contributed by atoms with Crippen molar-refractivity contribution in [2.75, 3.05) is 6.54 Å². The minimum Gasteiger partial charge on any atom is -0.350 e. The van der Waals surface area contributed by atoms with E-state index in [-0.39, 0.29) is 30.2 Å². The van der Waals surface area contributed by atoms with Crippen molar-refractivity contribution in [2.24, 2.45) is 0 Å². The Morgan fingerprint density at radius 3 is 3.05 bits per heavy atom. The van der Waals surface area contributed by atoms with Crippen molar-refractivity contribution < 1.29 is 4.79 Å². The van der Waals surface area contributed by atoms with Crippen LogP contribution in [-0.2, 0) is 11.3 Å². The molecule has 2 unspecified atom stereocenters. The monoisotopic (exact) mass is 288 g/mol. The molecule has 0 radical (unpaired) electrons. The zero-order valence-electron chi connectivity index (χ0n) is 12.1. The third kappa shape index (κ3) is 2.85. The number of aromatic amines is 1. The van der Waals surface area contributed by atoms with Crippen LogP contribution in [0.2, 0.25) is 0 Å². The molecule has 0 aliphatic carbocycles. The SMILES string of the molecule is CC1NCCCC1NC(=O)Cn1c(=O)[nH]c2ccccc21. The van der Waals surface area contributed by atoms with Crippen LogP contribution in [0.4, 0.5) is 0 Å². The molecule has 1 aliphatic heterocycles. The molecule has 21 heavy (non-hydrogen) atoms. The molecule has 0 bridgehead atoms. The average molecular weight is 288 g/mol. The van der Waals surface area contributed by atoms with Crippen LogP contribution in [0, 0.1) is 0 Å². The fourth-order valence-electron chi connectivity index (χ4n) is 2.90. The predicted octanol–water partition coefficient (Wildman–Crippen LogP) is 0.586. The fraction of sp³-hybridized carbons (Fsp3) is 0.467. The zero-order valence-corrected chi connectivity index (χ0v) is 12.1. The van der Waals surface area contributed by atoms with Crippen LogP contribution in [0.1, 0.15) is 19.8 Å². The number of hydrogen-bond donors (Lipinski definition) is 3. The van der Waals surface area contributed by atoms with Gasteiger partial charge in [-0.25, -0.2) is 4.79 Å². The Kier molecular flexibility index (Phi) is 3.79. The molecule has 1 saturated heterocycles. The summed E-state index contributed by atoms with van der Waals surface area (Å²) in [6, 6.07) is 7.79. The molecule has 112 valence electrons. The first kappa shape index (κ1) is 13.9. The number of aromatic nitrogens is 2. The lowest BCUT2D eigenvalue weighted by molar-refractivity contribution is -0.122. The molecule has 0 spiro atoms. The van der Waals surface area contributed by atoms with Gasteiger partial charge in [-0.2, -0.15) is 0 Å². The molecule has 2 heterocycles. The molecule has 2 atom stereocenters. The number of hydrogen-bond acceptors (Lipinski definition) is 3. The quantitative estimate of drug-likeness (QED) is 0.773. The molecule has 2 aromatic rings. The first-order chi connectivity index (χ1) is 10.1. The van der Waals surface area contributed by atoms with Gasteiger partial charge >= 0.3 is 5.69 Å². The minimum absolute atomic E-state index is 0.0477. The second-order valence-corrected chi connectivity index (χ2v) is 5.59. The van der Waals surface area contributed by atoms with E-state index in [1.807, 2.05) is 24.3 Å². The van der Waals surface area contributed by atoms with E-state index in [4.69, 9.17) is 0 Å². The van der Waals surface area contributed by atoms with E-state index in [0.717, 1.165) is 30.4 Å². The van der Waals surface area contributed by atoms with Crippen LogP contribution in [-0.4, -0.2) is 34.1 Å². The number of H-pyrrole nitrogens is 1. The van der Waals surface area contributed by atoms with E-state index in [2.05, 4.69) is 22.5 Å². The fourth-order valence-corrected chi connectivity index (χ4v) is 2.90. The predicted molar refractivity (Wildman–Crippen MR) is 81.2 cm³/mol.